The third-order valence-electron chi connectivity index (χ3n) is 3.60. The van der Waals surface area contributed by atoms with Crippen LogP contribution in [0.15, 0.2) is 29.2 Å². The highest BCUT2D eigenvalue weighted by atomic mass is 32.2. The Balaban J connectivity index is 1.97. The average molecular weight is 340 g/mol. The molecule has 6 nitrogen and oxygen atoms in total. The molecule has 0 bridgehead atoms. The molecule has 0 aromatic heterocycles. The zero-order valence-electron chi connectivity index (χ0n) is 13.6. The zero-order valence-corrected chi connectivity index (χ0v) is 14.4. The summed E-state index contributed by atoms with van der Waals surface area (Å²) < 4.78 is 31.9. The van der Waals surface area contributed by atoms with E-state index in [1.165, 1.54) is 16.4 Å². The average Bonchev–Trinajstić information content (AvgIpc) is 2.53. The molecule has 23 heavy (non-hydrogen) atoms. The molecule has 1 aromatic rings. The Morgan fingerprint density at radius 2 is 1.78 bits per heavy atom. The molecule has 1 aromatic carbocycles. The smallest absolute Gasteiger partial charge is 0.258 e. The van der Waals surface area contributed by atoms with Gasteiger partial charge in [-0.05, 0) is 51.0 Å². The minimum atomic E-state index is -3.43. The van der Waals surface area contributed by atoms with E-state index in [1.54, 1.807) is 12.1 Å². The summed E-state index contributed by atoms with van der Waals surface area (Å²) in [6.45, 7) is 4.82. The van der Waals surface area contributed by atoms with Gasteiger partial charge in [-0.15, -0.1) is 0 Å². The topological polar surface area (TPSA) is 75.7 Å². The van der Waals surface area contributed by atoms with E-state index in [4.69, 9.17) is 4.74 Å². The fourth-order valence-electron chi connectivity index (χ4n) is 2.47. The van der Waals surface area contributed by atoms with Gasteiger partial charge < -0.3 is 10.1 Å². The zero-order chi connectivity index (χ0) is 16.9. The third-order valence-corrected chi connectivity index (χ3v) is 5.51. The number of hydrogen-bond acceptors (Lipinski definition) is 4. The Kier molecular flexibility index (Phi) is 6.01. The number of amides is 1. The van der Waals surface area contributed by atoms with E-state index in [1.807, 2.05) is 13.8 Å². The van der Waals surface area contributed by atoms with Crippen molar-refractivity contribution in [1.29, 1.82) is 0 Å². The summed E-state index contributed by atoms with van der Waals surface area (Å²) in [4.78, 5) is 11.8. The SMILES string of the molecule is CC(C)NC(=O)COc1ccc(S(=O)(=O)N2CCCCC2)cc1. The summed E-state index contributed by atoms with van der Waals surface area (Å²) in [6.07, 6.45) is 2.90. The second-order valence-corrected chi connectivity index (χ2v) is 7.88. The molecule has 0 saturated carbocycles. The van der Waals surface area contributed by atoms with Gasteiger partial charge in [-0.3, -0.25) is 4.79 Å². The number of carbonyl (C=O) groups is 1. The van der Waals surface area contributed by atoms with Crippen molar-refractivity contribution >= 4 is 15.9 Å². The molecule has 0 radical (unpaired) electrons. The van der Waals surface area contributed by atoms with Crippen LogP contribution in [0.2, 0.25) is 0 Å². The van der Waals surface area contributed by atoms with Gasteiger partial charge in [0.1, 0.15) is 5.75 Å². The number of piperidine rings is 1. The van der Waals surface area contributed by atoms with Crippen molar-refractivity contribution in [2.24, 2.45) is 0 Å². The summed E-state index contributed by atoms with van der Waals surface area (Å²) in [6, 6.07) is 6.28. The number of hydrogen-bond donors (Lipinski definition) is 1. The van der Waals surface area contributed by atoms with Crippen LogP contribution in [0.4, 0.5) is 0 Å². The lowest BCUT2D eigenvalue weighted by Crippen LogP contribution is -2.35. The molecule has 0 atom stereocenters. The highest BCUT2D eigenvalue weighted by Gasteiger charge is 2.25. The number of nitrogens with one attached hydrogen (secondary N) is 1. The fourth-order valence-corrected chi connectivity index (χ4v) is 3.99. The standard InChI is InChI=1S/C16H24N2O4S/c1-13(2)17-16(19)12-22-14-6-8-15(9-7-14)23(20,21)18-10-4-3-5-11-18/h6-9,13H,3-5,10-12H2,1-2H3,(H,17,19). The quantitative estimate of drug-likeness (QED) is 0.856. The molecule has 7 heteroatoms. The van der Waals surface area contributed by atoms with E-state index in [9.17, 15) is 13.2 Å². The predicted octanol–water partition coefficient (Wildman–Crippen LogP) is 1.76. The summed E-state index contributed by atoms with van der Waals surface area (Å²) >= 11 is 0. The van der Waals surface area contributed by atoms with Crippen LogP contribution in [0.3, 0.4) is 0 Å². The van der Waals surface area contributed by atoms with Crippen LogP contribution >= 0.6 is 0 Å². The summed E-state index contributed by atoms with van der Waals surface area (Å²) in [7, 11) is -3.43. The molecule has 1 fully saturated rings. The minimum absolute atomic E-state index is 0.0585. The van der Waals surface area contributed by atoms with E-state index in [0.717, 1.165) is 19.3 Å². The van der Waals surface area contributed by atoms with Gasteiger partial charge in [0.15, 0.2) is 6.61 Å². The van der Waals surface area contributed by atoms with Crippen molar-refractivity contribution in [3.05, 3.63) is 24.3 Å². The first-order chi connectivity index (χ1) is 10.9. The Bertz CT molecular complexity index is 620. The minimum Gasteiger partial charge on any atom is -0.484 e. The van der Waals surface area contributed by atoms with E-state index in [0.29, 0.717) is 18.8 Å². The molecular formula is C16H24N2O4S. The first kappa shape index (κ1) is 17.7. The van der Waals surface area contributed by atoms with E-state index in [-0.39, 0.29) is 23.5 Å². The molecule has 1 heterocycles. The number of rotatable bonds is 6. The van der Waals surface area contributed by atoms with Gasteiger partial charge in [-0.2, -0.15) is 4.31 Å². The first-order valence-corrected chi connectivity index (χ1v) is 9.36. The lowest BCUT2D eigenvalue weighted by atomic mass is 10.2. The Morgan fingerprint density at radius 1 is 1.17 bits per heavy atom. The second kappa shape index (κ2) is 7.79. The lowest BCUT2D eigenvalue weighted by Gasteiger charge is -2.25. The van der Waals surface area contributed by atoms with Crippen molar-refractivity contribution in [1.82, 2.24) is 9.62 Å². The number of carbonyl (C=O) groups excluding carboxylic acids is 1. The second-order valence-electron chi connectivity index (χ2n) is 5.95. The lowest BCUT2D eigenvalue weighted by molar-refractivity contribution is -0.123. The molecule has 1 N–H and O–H groups in total. The van der Waals surface area contributed by atoms with Crippen LogP contribution in [0, 0.1) is 0 Å². The molecule has 2 rings (SSSR count). The van der Waals surface area contributed by atoms with E-state index < -0.39 is 10.0 Å². The van der Waals surface area contributed by atoms with Gasteiger partial charge in [0.2, 0.25) is 10.0 Å². The Labute approximate surface area is 137 Å². The first-order valence-electron chi connectivity index (χ1n) is 7.92. The van der Waals surface area contributed by atoms with Crippen LogP contribution in [0.1, 0.15) is 33.1 Å². The van der Waals surface area contributed by atoms with Gasteiger partial charge in [0, 0.05) is 19.1 Å². The van der Waals surface area contributed by atoms with Gasteiger partial charge in [-0.1, -0.05) is 6.42 Å². The van der Waals surface area contributed by atoms with Gasteiger partial charge >= 0.3 is 0 Å². The van der Waals surface area contributed by atoms with Crippen molar-refractivity contribution < 1.29 is 17.9 Å². The third kappa shape index (κ3) is 4.94. The fraction of sp³-hybridized carbons (Fsp3) is 0.562. The van der Waals surface area contributed by atoms with Crippen LogP contribution in [0.25, 0.3) is 0 Å². The molecule has 0 aliphatic carbocycles. The van der Waals surface area contributed by atoms with E-state index >= 15 is 0 Å². The van der Waals surface area contributed by atoms with Crippen LogP contribution in [-0.4, -0.2) is 44.4 Å². The Morgan fingerprint density at radius 3 is 2.35 bits per heavy atom. The summed E-state index contributed by atoms with van der Waals surface area (Å²) in [5, 5.41) is 2.73. The molecule has 1 aliphatic heterocycles. The highest BCUT2D eigenvalue weighted by molar-refractivity contribution is 7.89. The molecule has 1 aliphatic rings. The molecule has 1 amide bonds. The van der Waals surface area contributed by atoms with Gasteiger partial charge in [0.05, 0.1) is 4.90 Å². The normalized spacial score (nSPS) is 16.3. The molecule has 128 valence electrons. The number of benzene rings is 1. The number of nitrogens with zero attached hydrogens (tertiary/aromatic N) is 1. The molecule has 0 spiro atoms. The maximum absolute atomic E-state index is 12.5. The molecule has 0 unspecified atom stereocenters. The van der Waals surface area contributed by atoms with Crippen molar-refractivity contribution in [3.8, 4) is 5.75 Å². The maximum Gasteiger partial charge on any atom is 0.258 e. The predicted molar refractivity (Wildman–Crippen MR) is 87.8 cm³/mol. The van der Waals surface area contributed by atoms with Crippen LogP contribution in [-0.2, 0) is 14.8 Å². The van der Waals surface area contributed by atoms with Crippen molar-refractivity contribution in [2.75, 3.05) is 19.7 Å². The van der Waals surface area contributed by atoms with Crippen LogP contribution in [0.5, 0.6) is 5.75 Å². The van der Waals surface area contributed by atoms with Crippen molar-refractivity contribution in [2.45, 2.75) is 44.0 Å². The maximum atomic E-state index is 12.5. The Hall–Kier alpha value is -1.60. The highest BCUT2D eigenvalue weighted by Crippen LogP contribution is 2.22. The summed E-state index contributed by atoms with van der Waals surface area (Å²) in [5.74, 6) is 0.270. The van der Waals surface area contributed by atoms with Gasteiger partial charge in [-0.25, -0.2) is 8.42 Å². The monoisotopic (exact) mass is 340 g/mol. The largest absolute Gasteiger partial charge is 0.484 e. The number of sulfonamides is 1. The molecule has 1 saturated heterocycles. The molecular weight excluding hydrogens is 316 g/mol. The number of ether oxygens (including phenoxy) is 1. The van der Waals surface area contributed by atoms with Crippen LogP contribution < -0.4 is 10.1 Å². The summed E-state index contributed by atoms with van der Waals surface area (Å²) in [5.41, 5.74) is 0. The van der Waals surface area contributed by atoms with Crippen molar-refractivity contribution in [3.63, 3.8) is 0 Å². The van der Waals surface area contributed by atoms with Gasteiger partial charge in [0.25, 0.3) is 5.91 Å². The van der Waals surface area contributed by atoms with E-state index in [2.05, 4.69) is 5.32 Å².